The molecule has 0 saturated heterocycles. The normalized spacial score (nSPS) is 11.9. The van der Waals surface area contributed by atoms with Gasteiger partial charge in [0.05, 0.1) is 0 Å². The van der Waals surface area contributed by atoms with Gasteiger partial charge in [0.25, 0.3) is 0 Å². The lowest BCUT2D eigenvalue weighted by Gasteiger charge is -2.15. The number of likely N-dealkylation sites (N-methyl/N-ethyl adjacent to an activating group) is 1. The molecule has 4 heteroatoms. The lowest BCUT2D eigenvalue weighted by atomic mass is 10.2. The van der Waals surface area contributed by atoms with Crippen molar-refractivity contribution in [2.75, 3.05) is 13.6 Å². The summed E-state index contributed by atoms with van der Waals surface area (Å²) in [6.45, 7) is 2.47. The first-order valence-electron chi connectivity index (χ1n) is 5.32. The summed E-state index contributed by atoms with van der Waals surface area (Å²) in [6, 6.07) is 6.57. The average molecular weight is 237 g/mol. The third-order valence-corrected chi connectivity index (χ3v) is 2.44. The Kier molecular flexibility index (Phi) is 4.84. The standard InChI is InChI=1S/C13H16FNO2/c1-10(13(16)17)7-8-15(2)9-11-5-3-4-6-12(11)14/h3-7H,8-9H2,1-2H3,(H,16,17). The van der Waals surface area contributed by atoms with Gasteiger partial charge in [-0.3, -0.25) is 4.90 Å². The molecule has 0 saturated carbocycles. The summed E-state index contributed by atoms with van der Waals surface area (Å²) in [4.78, 5) is 12.4. The predicted molar refractivity (Wildman–Crippen MR) is 64.1 cm³/mol. The Morgan fingerprint density at radius 2 is 2.12 bits per heavy atom. The predicted octanol–water partition coefficient (Wildman–Crippen LogP) is 2.29. The fourth-order valence-corrected chi connectivity index (χ4v) is 1.36. The molecule has 0 amide bonds. The number of halogens is 1. The molecule has 1 rings (SSSR count). The molecule has 0 aliphatic heterocycles. The van der Waals surface area contributed by atoms with Crippen molar-refractivity contribution < 1.29 is 14.3 Å². The Hall–Kier alpha value is -1.68. The van der Waals surface area contributed by atoms with Gasteiger partial charge in [0.15, 0.2) is 0 Å². The monoisotopic (exact) mass is 237 g/mol. The van der Waals surface area contributed by atoms with Crippen molar-refractivity contribution in [2.45, 2.75) is 13.5 Å². The van der Waals surface area contributed by atoms with Crippen LogP contribution < -0.4 is 0 Å². The van der Waals surface area contributed by atoms with Crippen LogP contribution in [0.25, 0.3) is 0 Å². The van der Waals surface area contributed by atoms with Crippen molar-refractivity contribution in [2.24, 2.45) is 0 Å². The van der Waals surface area contributed by atoms with Crippen LogP contribution >= 0.6 is 0 Å². The molecule has 0 atom stereocenters. The van der Waals surface area contributed by atoms with Crippen molar-refractivity contribution in [1.29, 1.82) is 0 Å². The third kappa shape index (κ3) is 4.36. The molecule has 0 aromatic heterocycles. The van der Waals surface area contributed by atoms with E-state index in [4.69, 9.17) is 5.11 Å². The third-order valence-electron chi connectivity index (χ3n) is 2.44. The van der Waals surface area contributed by atoms with Gasteiger partial charge in [-0.2, -0.15) is 0 Å². The fourth-order valence-electron chi connectivity index (χ4n) is 1.36. The van der Waals surface area contributed by atoms with E-state index in [0.29, 0.717) is 24.2 Å². The molecule has 0 fully saturated rings. The molecule has 1 aromatic carbocycles. The maximum absolute atomic E-state index is 13.3. The van der Waals surface area contributed by atoms with Crippen LogP contribution in [0.2, 0.25) is 0 Å². The summed E-state index contributed by atoms with van der Waals surface area (Å²) in [5.41, 5.74) is 0.904. The zero-order chi connectivity index (χ0) is 12.8. The quantitative estimate of drug-likeness (QED) is 0.799. The topological polar surface area (TPSA) is 40.5 Å². The second kappa shape index (κ2) is 6.15. The van der Waals surface area contributed by atoms with Gasteiger partial charge in [0.2, 0.25) is 0 Å². The maximum atomic E-state index is 13.3. The van der Waals surface area contributed by atoms with E-state index in [0.717, 1.165) is 0 Å². The fraction of sp³-hybridized carbons (Fsp3) is 0.308. The van der Waals surface area contributed by atoms with Crippen LogP contribution in [0.1, 0.15) is 12.5 Å². The van der Waals surface area contributed by atoms with Crippen molar-refractivity contribution in [3.05, 3.63) is 47.3 Å². The number of nitrogens with zero attached hydrogens (tertiary/aromatic N) is 1. The van der Waals surface area contributed by atoms with Crippen LogP contribution in [0, 0.1) is 5.82 Å². The van der Waals surface area contributed by atoms with E-state index in [1.54, 1.807) is 31.2 Å². The Morgan fingerprint density at radius 3 is 2.71 bits per heavy atom. The summed E-state index contributed by atoms with van der Waals surface area (Å²) in [6.07, 6.45) is 1.61. The van der Waals surface area contributed by atoms with Crippen molar-refractivity contribution in [3.8, 4) is 0 Å². The van der Waals surface area contributed by atoms with Crippen LogP contribution in [0.4, 0.5) is 4.39 Å². The van der Waals surface area contributed by atoms with E-state index in [-0.39, 0.29) is 5.82 Å². The van der Waals surface area contributed by atoms with E-state index < -0.39 is 5.97 Å². The van der Waals surface area contributed by atoms with Gasteiger partial charge in [-0.15, -0.1) is 0 Å². The number of carbonyl (C=O) groups is 1. The highest BCUT2D eigenvalue weighted by Crippen LogP contribution is 2.08. The van der Waals surface area contributed by atoms with Crippen molar-refractivity contribution in [3.63, 3.8) is 0 Å². The van der Waals surface area contributed by atoms with Gasteiger partial charge in [-0.1, -0.05) is 24.3 Å². The van der Waals surface area contributed by atoms with Gasteiger partial charge in [-0.05, 0) is 20.0 Å². The molecule has 1 aromatic rings. The molecule has 17 heavy (non-hydrogen) atoms. The first-order valence-corrected chi connectivity index (χ1v) is 5.32. The molecule has 0 aliphatic rings. The number of hydrogen-bond acceptors (Lipinski definition) is 2. The zero-order valence-corrected chi connectivity index (χ0v) is 9.98. The van der Waals surface area contributed by atoms with E-state index >= 15 is 0 Å². The molecular weight excluding hydrogens is 221 g/mol. The van der Waals surface area contributed by atoms with Crippen LogP contribution in [-0.2, 0) is 11.3 Å². The van der Waals surface area contributed by atoms with E-state index in [1.807, 2.05) is 11.9 Å². The summed E-state index contributed by atoms with van der Waals surface area (Å²) in [7, 11) is 1.82. The molecular formula is C13H16FNO2. The van der Waals surface area contributed by atoms with Gasteiger partial charge in [0, 0.05) is 24.2 Å². The van der Waals surface area contributed by atoms with Crippen LogP contribution in [0.15, 0.2) is 35.9 Å². The molecule has 0 bridgehead atoms. The van der Waals surface area contributed by atoms with Crippen LogP contribution in [0.5, 0.6) is 0 Å². The molecule has 0 heterocycles. The number of rotatable bonds is 5. The highest BCUT2D eigenvalue weighted by molar-refractivity contribution is 5.85. The molecule has 1 N–H and O–H groups in total. The second-order valence-electron chi connectivity index (χ2n) is 3.98. The minimum absolute atomic E-state index is 0.238. The summed E-state index contributed by atoms with van der Waals surface area (Å²) >= 11 is 0. The average Bonchev–Trinajstić information content (AvgIpc) is 2.29. The smallest absolute Gasteiger partial charge is 0.330 e. The Bertz CT molecular complexity index is 429. The van der Waals surface area contributed by atoms with Crippen molar-refractivity contribution in [1.82, 2.24) is 4.90 Å². The van der Waals surface area contributed by atoms with Crippen LogP contribution in [0.3, 0.4) is 0 Å². The molecule has 0 unspecified atom stereocenters. The summed E-state index contributed by atoms with van der Waals surface area (Å²) in [5, 5.41) is 8.68. The Labute approximate surface area is 100 Å². The maximum Gasteiger partial charge on any atom is 0.330 e. The van der Waals surface area contributed by atoms with E-state index in [9.17, 15) is 9.18 Å². The van der Waals surface area contributed by atoms with Gasteiger partial charge >= 0.3 is 5.97 Å². The molecule has 0 aliphatic carbocycles. The SMILES string of the molecule is CC(=CCN(C)Cc1ccccc1F)C(=O)O. The number of hydrogen-bond donors (Lipinski definition) is 1. The van der Waals surface area contributed by atoms with Gasteiger partial charge in [0.1, 0.15) is 5.82 Å². The van der Waals surface area contributed by atoms with Gasteiger partial charge in [-0.25, -0.2) is 9.18 Å². The van der Waals surface area contributed by atoms with E-state index in [2.05, 4.69) is 0 Å². The summed E-state index contributed by atoms with van der Waals surface area (Å²) in [5.74, 6) is -1.16. The number of benzene rings is 1. The molecule has 3 nitrogen and oxygen atoms in total. The number of carboxylic acid groups (broad SMARTS) is 1. The minimum Gasteiger partial charge on any atom is -0.478 e. The zero-order valence-electron chi connectivity index (χ0n) is 9.98. The molecule has 0 radical (unpaired) electrons. The van der Waals surface area contributed by atoms with Gasteiger partial charge < -0.3 is 5.11 Å². The minimum atomic E-state index is -0.927. The highest BCUT2D eigenvalue weighted by Gasteiger charge is 2.05. The Balaban J connectivity index is 2.56. The molecule has 92 valence electrons. The van der Waals surface area contributed by atoms with Crippen molar-refractivity contribution >= 4 is 5.97 Å². The second-order valence-corrected chi connectivity index (χ2v) is 3.98. The first-order chi connectivity index (χ1) is 8.00. The first kappa shape index (κ1) is 13.4. The largest absolute Gasteiger partial charge is 0.478 e. The highest BCUT2D eigenvalue weighted by atomic mass is 19.1. The lowest BCUT2D eigenvalue weighted by Crippen LogP contribution is -2.19. The molecule has 0 spiro atoms. The number of aliphatic carboxylic acids is 1. The number of carboxylic acids is 1. The lowest BCUT2D eigenvalue weighted by molar-refractivity contribution is -0.132. The van der Waals surface area contributed by atoms with E-state index in [1.165, 1.54) is 6.07 Å². The van der Waals surface area contributed by atoms with Crippen LogP contribution in [-0.4, -0.2) is 29.6 Å². The summed E-state index contributed by atoms with van der Waals surface area (Å²) < 4.78 is 13.3. The Morgan fingerprint density at radius 1 is 1.47 bits per heavy atom.